The van der Waals surface area contributed by atoms with E-state index in [9.17, 15) is 0 Å². The largest absolute Gasteiger partial charge is 0.368 e. The molecule has 0 bridgehead atoms. The van der Waals surface area contributed by atoms with Crippen molar-refractivity contribution in [1.82, 2.24) is 15.2 Å². The lowest BCUT2D eigenvalue weighted by molar-refractivity contribution is 0.460. The summed E-state index contributed by atoms with van der Waals surface area (Å²) in [6.45, 7) is 0.780. The van der Waals surface area contributed by atoms with Crippen LogP contribution in [0.4, 0.5) is 11.8 Å². The Morgan fingerprint density at radius 3 is 2.87 bits per heavy atom. The van der Waals surface area contributed by atoms with Gasteiger partial charge in [-0.3, -0.25) is 0 Å². The molecule has 0 radical (unpaired) electrons. The molecule has 3 rings (SSSR count). The molecule has 0 spiro atoms. The van der Waals surface area contributed by atoms with Crippen LogP contribution >= 0.6 is 11.6 Å². The molecule has 1 aliphatic rings. The maximum atomic E-state index is 5.99. The van der Waals surface area contributed by atoms with Crippen LogP contribution in [-0.4, -0.2) is 27.8 Å². The van der Waals surface area contributed by atoms with Crippen LogP contribution in [0.2, 0.25) is 5.02 Å². The molecule has 6 heteroatoms. The van der Waals surface area contributed by atoms with Crippen molar-refractivity contribution in [2.24, 2.45) is 0 Å². The normalized spacial score (nSPS) is 15.3. The molecule has 5 nitrogen and oxygen atoms in total. The first-order chi connectivity index (χ1) is 11.3. The van der Waals surface area contributed by atoms with E-state index in [0.717, 1.165) is 23.8 Å². The van der Waals surface area contributed by atoms with Gasteiger partial charge in [-0.25, -0.2) is 0 Å². The first kappa shape index (κ1) is 16.0. The Hall–Kier alpha value is -1.88. The summed E-state index contributed by atoms with van der Waals surface area (Å²) in [5.41, 5.74) is 1.20. The van der Waals surface area contributed by atoms with E-state index in [-0.39, 0.29) is 0 Å². The molecule has 1 aromatic carbocycles. The highest BCUT2D eigenvalue weighted by atomic mass is 35.5. The summed E-state index contributed by atoms with van der Waals surface area (Å²) in [7, 11) is 0. The molecule has 2 aromatic rings. The van der Waals surface area contributed by atoms with Crippen molar-refractivity contribution in [2.75, 3.05) is 17.2 Å². The Morgan fingerprint density at radius 1 is 1.17 bits per heavy atom. The van der Waals surface area contributed by atoms with Gasteiger partial charge in [0.1, 0.15) is 0 Å². The van der Waals surface area contributed by atoms with E-state index in [0.29, 0.717) is 12.0 Å². The van der Waals surface area contributed by atoms with Crippen LogP contribution < -0.4 is 10.6 Å². The van der Waals surface area contributed by atoms with Crippen molar-refractivity contribution in [1.29, 1.82) is 0 Å². The Labute approximate surface area is 141 Å². The summed E-state index contributed by atoms with van der Waals surface area (Å²) < 4.78 is 0. The predicted octanol–water partition coefficient (Wildman–Crippen LogP) is 3.92. The van der Waals surface area contributed by atoms with E-state index in [2.05, 4.69) is 31.9 Å². The smallest absolute Gasteiger partial charge is 0.244 e. The lowest BCUT2D eigenvalue weighted by Crippen LogP contribution is -2.24. The molecular formula is C17H22ClN5. The van der Waals surface area contributed by atoms with Gasteiger partial charge >= 0.3 is 0 Å². The number of hydrogen-bond acceptors (Lipinski definition) is 5. The highest BCUT2D eigenvalue weighted by Crippen LogP contribution is 2.20. The van der Waals surface area contributed by atoms with E-state index in [4.69, 9.17) is 11.6 Å². The Bertz CT molecular complexity index is 628. The second-order valence-corrected chi connectivity index (χ2v) is 6.39. The molecule has 2 N–H and O–H groups in total. The molecule has 1 heterocycles. The summed E-state index contributed by atoms with van der Waals surface area (Å²) in [5, 5.41) is 15.6. The fraction of sp³-hybridized carbons (Fsp3) is 0.471. The second kappa shape index (κ2) is 8.11. The second-order valence-electron chi connectivity index (χ2n) is 5.95. The van der Waals surface area contributed by atoms with E-state index in [1.165, 1.54) is 37.7 Å². The van der Waals surface area contributed by atoms with Gasteiger partial charge in [0, 0.05) is 17.6 Å². The highest BCUT2D eigenvalue weighted by Gasteiger charge is 2.14. The van der Waals surface area contributed by atoms with Gasteiger partial charge in [-0.1, -0.05) is 43.0 Å². The zero-order valence-electron chi connectivity index (χ0n) is 13.1. The molecule has 122 valence electrons. The van der Waals surface area contributed by atoms with Gasteiger partial charge in [0.05, 0.1) is 6.20 Å². The predicted molar refractivity (Wildman–Crippen MR) is 94.0 cm³/mol. The monoisotopic (exact) mass is 331 g/mol. The summed E-state index contributed by atoms with van der Waals surface area (Å²) in [6, 6.07) is 8.39. The number of rotatable bonds is 6. The van der Waals surface area contributed by atoms with Crippen LogP contribution in [0.5, 0.6) is 0 Å². The minimum atomic E-state index is 0.479. The number of benzene rings is 1. The Balaban J connectivity index is 1.51. The number of halogens is 1. The maximum absolute atomic E-state index is 5.99. The van der Waals surface area contributed by atoms with Gasteiger partial charge in [0.15, 0.2) is 5.82 Å². The van der Waals surface area contributed by atoms with Gasteiger partial charge in [-0.05, 0) is 37.0 Å². The lowest BCUT2D eigenvalue weighted by Gasteiger charge is -2.22. The van der Waals surface area contributed by atoms with Crippen molar-refractivity contribution in [3.63, 3.8) is 0 Å². The molecule has 0 amide bonds. The van der Waals surface area contributed by atoms with Crippen molar-refractivity contribution < 1.29 is 0 Å². The van der Waals surface area contributed by atoms with Gasteiger partial charge < -0.3 is 10.6 Å². The maximum Gasteiger partial charge on any atom is 0.244 e. The molecule has 0 unspecified atom stereocenters. The minimum Gasteiger partial charge on any atom is -0.368 e. The average Bonchev–Trinajstić information content (AvgIpc) is 2.56. The van der Waals surface area contributed by atoms with Crippen molar-refractivity contribution in [3.8, 4) is 0 Å². The molecule has 1 aliphatic carbocycles. The third-order valence-electron chi connectivity index (χ3n) is 4.11. The summed E-state index contributed by atoms with van der Waals surface area (Å²) in [5.74, 6) is 1.37. The van der Waals surface area contributed by atoms with Crippen molar-refractivity contribution in [3.05, 3.63) is 41.0 Å². The van der Waals surface area contributed by atoms with Crippen LogP contribution in [0.1, 0.15) is 37.7 Å². The summed E-state index contributed by atoms with van der Waals surface area (Å²) in [4.78, 5) is 4.49. The van der Waals surface area contributed by atoms with Crippen LogP contribution in [0.15, 0.2) is 30.5 Å². The van der Waals surface area contributed by atoms with E-state index in [1.807, 2.05) is 18.2 Å². The lowest BCUT2D eigenvalue weighted by atomic mass is 9.96. The van der Waals surface area contributed by atoms with Gasteiger partial charge in [-0.2, -0.15) is 10.1 Å². The van der Waals surface area contributed by atoms with Crippen molar-refractivity contribution in [2.45, 2.75) is 44.6 Å². The minimum absolute atomic E-state index is 0.479. The summed E-state index contributed by atoms with van der Waals surface area (Å²) >= 11 is 5.99. The number of hydrogen-bond donors (Lipinski definition) is 2. The average molecular weight is 332 g/mol. The highest BCUT2D eigenvalue weighted by molar-refractivity contribution is 6.30. The fourth-order valence-corrected chi connectivity index (χ4v) is 3.12. The molecular weight excluding hydrogens is 310 g/mol. The van der Waals surface area contributed by atoms with E-state index < -0.39 is 0 Å². The Kier molecular flexibility index (Phi) is 5.64. The zero-order valence-corrected chi connectivity index (χ0v) is 13.9. The molecule has 0 atom stereocenters. The SMILES string of the molecule is Clc1cccc(CCNc2cnnc(NC3CCCCC3)n2)c1. The standard InChI is InChI=1S/C17H22ClN5/c18-14-6-4-5-13(11-14)9-10-19-16-12-20-23-17(22-16)21-15-7-2-1-3-8-15/h4-6,11-12,15H,1-3,7-10H2,(H2,19,21,22,23). The first-order valence-corrected chi connectivity index (χ1v) is 8.62. The van der Waals surface area contributed by atoms with Gasteiger partial charge in [0.2, 0.25) is 5.95 Å². The third-order valence-corrected chi connectivity index (χ3v) is 4.34. The van der Waals surface area contributed by atoms with Crippen LogP contribution in [-0.2, 0) is 6.42 Å². The number of anilines is 2. The van der Waals surface area contributed by atoms with E-state index >= 15 is 0 Å². The van der Waals surface area contributed by atoms with Crippen LogP contribution in [0.25, 0.3) is 0 Å². The number of aromatic nitrogens is 3. The number of nitrogens with zero attached hydrogens (tertiary/aromatic N) is 3. The quantitative estimate of drug-likeness (QED) is 0.840. The van der Waals surface area contributed by atoms with Crippen LogP contribution in [0.3, 0.4) is 0 Å². The molecule has 1 saturated carbocycles. The molecule has 0 saturated heterocycles. The third kappa shape index (κ3) is 5.06. The fourth-order valence-electron chi connectivity index (χ4n) is 2.91. The number of nitrogens with one attached hydrogen (secondary N) is 2. The Morgan fingerprint density at radius 2 is 2.04 bits per heavy atom. The zero-order chi connectivity index (χ0) is 15.9. The molecule has 0 aliphatic heterocycles. The molecule has 1 fully saturated rings. The molecule has 1 aromatic heterocycles. The van der Waals surface area contributed by atoms with Gasteiger partial charge in [-0.15, -0.1) is 5.10 Å². The summed E-state index contributed by atoms with van der Waals surface area (Å²) in [6.07, 6.45) is 8.82. The van der Waals surface area contributed by atoms with Crippen molar-refractivity contribution >= 4 is 23.4 Å². The van der Waals surface area contributed by atoms with Gasteiger partial charge in [0.25, 0.3) is 0 Å². The molecule has 23 heavy (non-hydrogen) atoms. The topological polar surface area (TPSA) is 62.7 Å². The van der Waals surface area contributed by atoms with E-state index in [1.54, 1.807) is 6.20 Å². The van der Waals surface area contributed by atoms with Crippen LogP contribution in [0, 0.1) is 0 Å². The first-order valence-electron chi connectivity index (χ1n) is 8.24.